The minimum atomic E-state index is -0.623. The van der Waals surface area contributed by atoms with Crippen LogP contribution < -0.4 is 10.8 Å². The second-order valence-electron chi connectivity index (χ2n) is 5.82. The molecule has 1 aromatic carbocycles. The van der Waals surface area contributed by atoms with Crippen LogP contribution in [0.2, 0.25) is 0 Å². The second kappa shape index (κ2) is 5.38. The lowest BCUT2D eigenvalue weighted by Gasteiger charge is -2.19. The molecule has 1 heterocycles. The van der Waals surface area contributed by atoms with Gasteiger partial charge < -0.3 is 5.32 Å². The summed E-state index contributed by atoms with van der Waals surface area (Å²) in [5.74, 6) is -0.145. The maximum absolute atomic E-state index is 11.3. The molecule has 6 heteroatoms. The zero-order valence-corrected chi connectivity index (χ0v) is 12.6. The Labute approximate surface area is 128 Å². The van der Waals surface area contributed by atoms with Crippen molar-refractivity contribution in [1.82, 2.24) is 15.4 Å². The molecule has 0 spiro atoms. The standard InChI is InChI=1S/C16H18N4O2/c1-10-5-11(2)7-13(6-10)16(3-4-16)19-15-17-8-12(9-18-15)14(21)20-22/h5-9,22H,3-4H2,1-2H3,(H,20,21)(H,17,18,19). The van der Waals surface area contributed by atoms with Crippen molar-refractivity contribution in [2.24, 2.45) is 0 Å². The molecule has 0 saturated heterocycles. The molecule has 0 atom stereocenters. The van der Waals surface area contributed by atoms with E-state index >= 15 is 0 Å². The van der Waals surface area contributed by atoms with Gasteiger partial charge in [0, 0.05) is 12.4 Å². The maximum Gasteiger partial charge on any atom is 0.277 e. The molecule has 3 N–H and O–H groups in total. The number of benzene rings is 1. The van der Waals surface area contributed by atoms with Crippen molar-refractivity contribution in [3.8, 4) is 0 Å². The Morgan fingerprint density at radius 1 is 1.14 bits per heavy atom. The van der Waals surface area contributed by atoms with E-state index in [4.69, 9.17) is 5.21 Å². The van der Waals surface area contributed by atoms with E-state index in [1.54, 1.807) is 5.48 Å². The Kier molecular flexibility index (Phi) is 3.54. The highest BCUT2D eigenvalue weighted by Gasteiger charge is 2.45. The van der Waals surface area contributed by atoms with Gasteiger partial charge in [-0.15, -0.1) is 0 Å². The number of amides is 1. The van der Waals surface area contributed by atoms with E-state index in [9.17, 15) is 4.79 Å². The van der Waals surface area contributed by atoms with Gasteiger partial charge in [-0.3, -0.25) is 10.0 Å². The predicted molar refractivity (Wildman–Crippen MR) is 81.7 cm³/mol. The fourth-order valence-corrected chi connectivity index (χ4v) is 2.65. The van der Waals surface area contributed by atoms with Gasteiger partial charge in [-0.05, 0) is 32.3 Å². The molecular weight excluding hydrogens is 280 g/mol. The quantitative estimate of drug-likeness (QED) is 0.595. The molecule has 1 aliphatic carbocycles. The third-order valence-corrected chi connectivity index (χ3v) is 3.89. The van der Waals surface area contributed by atoms with Crippen LogP contribution in [0.25, 0.3) is 0 Å². The van der Waals surface area contributed by atoms with Crippen molar-refractivity contribution in [3.05, 3.63) is 52.8 Å². The topological polar surface area (TPSA) is 87.1 Å². The molecular formula is C16H18N4O2. The SMILES string of the molecule is Cc1cc(C)cc(C2(Nc3ncc(C(=O)NO)cn3)CC2)c1. The summed E-state index contributed by atoms with van der Waals surface area (Å²) in [7, 11) is 0. The summed E-state index contributed by atoms with van der Waals surface area (Å²) >= 11 is 0. The zero-order chi connectivity index (χ0) is 15.7. The number of hydroxylamine groups is 1. The smallest absolute Gasteiger partial charge is 0.277 e. The van der Waals surface area contributed by atoms with Crippen molar-refractivity contribution in [1.29, 1.82) is 0 Å². The van der Waals surface area contributed by atoms with Crippen LogP contribution in [0.1, 0.15) is 39.9 Å². The van der Waals surface area contributed by atoms with Gasteiger partial charge in [0.05, 0.1) is 11.1 Å². The first-order valence-corrected chi connectivity index (χ1v) is 7.16. The van der Waals surface area contributed by atoms with Crippen LogP contribution in [0.5, 0.6) is 0 Å². The highest BCUT2D eigenvalue weighted by Crippen LogP contribution is 2.48. The number of carbonyl (C=O) groups excluding carboxylic acids is 1. The number of aryl methyl sites for hydroxylation is 2. The first-order chi connectivity index (χ1) is 10.5. The van der Waals surface area contributed by atoms with Crippen molar-refractivity contribution in [2.75, 3.05) is 5.32 Å². The molecule has 0 bridgehead atoms. The maximum atomic E-state index is 11.3. The number of anilines is 1. The van der Waals surface area contributed by atoms with E-state index in [0.29, 0.717) is 5.95 Å². The molecule has 1 saturated carbocycles. The number of nitrogens with one attached hydrogen (secondary N) is 2. The van der Waals surface area contributed by atoms with E-state index in [0.717, 1.165) is 12.8 Å². The molecule has 1 fully saturated rings. The predicted octanol–water partition coefficient (Wildman–Crippen LogP) is 2.31. The lowest BCUT2D eigenvalue weighted by atomic mass is 10.00. The molecule has 3 rings (SSSR count). The third-order valence-electron chi connectivity index (χ3n) is 3.89. The molecule has 1 aromatic heterocycles. The Bertz CT molecular complexity index is 688. The average Bonchev–Trinajstić information content (AvgIpc) is 3.27. The van der Waals surface area contributed by atoms with Gasteiger partial charge in [-0.2, -0.15) is 0 Å². The van der Waals surface area contributed by atoms with E-state index in [1.165, 1.54) is 29.1 Å². The molecule has 0 unspecified atom stereocenters. The Morgan fingerprint density at radius 2 is 1.73 bits per heavy atom. The van der Waals surface area contributed by atoms with E-state index in [-0.39, 0.29) is 11.1 Å². The lowest BCUT2D eigenvalue weighted by Crippen LogP contribution is -2.22. The van der Waals surface area contributed by atoms with E-state index in [2.05, 4.69) is 47.3 Å². The van der Waals surface area contributed by atoms with Crippen LogP contribution in [-0.2, 0) is 5.54 Å². The van der Waals surface area contributed by atoms with Crippen LogP contribution in [0.3, 0.4) is 0 Å². The Morgan fingerprint density at radius 3 is 2.23 bits per heavy atom. The van der Waals surface area contributed by atoms with Crippen molar-refractivity contribution in [2.45, 2.75) is 32.2 Å². The largest absolute Gasteiger partial charge is 0.345 e. The van der Waals surface area contributed by atoms with Crippen LogP contribution in [0.4, 0.5) is 5.95 Å². The van der Waals surface area contributed by atoms with E-state index in [1.807, 2.05) is 0 Å². The molecule has 0 radical (unpaired) electrons. The molecule has 6 nitrogen and oxygen atoms in total. The summed E-state index contributed by atoms with van der Waals surface area (Å²) in [6.45, 7) is 4.18. The molecule has 1 amide bonds. The summed E-state index contributed by atoms with van der Waals surface area (Å²) in [4.78, 5) is 19.6. The summed E-state index contributed by atoms with van der Waals surface area (Å²) in [5, 5.41) is 12.0. The van der Waals surface area contributed by atoms with Crippen molar-refractivity contribution >= 4 is 11.9 Å². The number of rotatable bonds is 4. The molecule has 22 heavy (non-hydrogen) atoms. The fraction of sp³-hybridized carbons (Fsp3) is 0.312. The highest BCUT2D eigenvalue weighted by atomic mass is 16.5. The Balaban J connectivity index is 1.81. The zero-order valence-electron chi connectivity index (χ0n) is 12.6. The average molecular weight is 298 g/mol. The van der Waals surface area contributed by atoms with Gasteiger partial charge in [-0.1, -0.05) is 29.3 Å². The monoisotopic (exact) mass is 298 g/mol. The Hall–Kier alpha value is -2.47. The highest BCUT2D eigenvalue weighted by molar-refractivity contribution is 5.92. The summed E-state index contributed by atoms with van der Waals surface area (Å²) < 4.78 is 0. The van der Waals surface area contributed by atoms with Gasteiger partial charge in [0.25, 0.3) is 5.91 Å². The molecule has 2 aromatic rings. The minimum Gasteiger partial charge on any atom is -0.345 e. The second-order valence-corrected chi connectivity index (χ2v) is 5.82. The lowest BCUT2D eigenvalue weighted by molar-refractivity contribution is 0.0705. The summed E-state index contributed by atoms with van der Waals surface area (Å²) in [6, 6.07) is 6.51. The minimum absolute atomic E-state index is 0.114. The first-order valence-electron chi connectivity index (χ1n) is 7.16. The number of carbonyl (C=O) groups is 1. The van der Waals surface area contributed by atoms with Gasteiger partial charge in [0.1, 0.15) is 0 Å². The summed E-state index contributed by atoms with van der Waals surface area (Å²) in [6.07, 6.45) is 4.83. The third kappa shape index (κ3) is 2.78. The number of nitrogens with zero attached hydrogens (tertiary/aromatic N) is 2. The van der Waals surface area contributed by atoms with Gasteiger partial charge in [0.15, 0.2) is 0 Å². The van der Waals surface area contributed by atoms with Crippen LogP contribution in [0, 0.1) is 13.8 Å². The van der Waals surface area contributed by atoms with Crippen LogP contribution in [-0.4, -0.2) is 21.1 Å². The fourth-order valence-electron chi connectivity index (χ4n) is 2.65. The van der Waals surface area contributed by atoms with Crippen LogP contribution >= 0.6 is 0 Å². The van der Waals surface area contributed by atoms with Crippen molar-refractivity contribution in [3.63, 3.8) is 0 Å². The van der Waals surface area contributed by atoms with E-state index < -0.39 is 5.91 Å². The van der Waals surface area contributed by atoms with Gasteiger partial charge in [-0.25, -0.2) is 15.4 Å². The molecule has 1 aliphatic rings. The first kappa shape index (κ1) is 14.5. The molecule has 0 aliphatic heterocycles. The van der Waals surface area contributed by atoms with Gasteiger partial charge >= 0.3 is 0 Å². The van der Waals surface area contributed by atoms with Crippen LogP contribution in [0.15, 0.2) is 30.6 Å². The number of hydrogen-bond donors (Lipinski definition) is 3. The number of hydrogen-bond acceptors (Lipinski definition) is 5. The van der Waals surface area contributed by atoms with Crippen molar-refractivity contribution < 1.29 is 10.0 Å². The van der Waals surface area contributed by atoms with Gasteiger partial charge in [0.2, 0.25) is 5.95 Å². The summed E-state index contributed by atoms with van der Waals surface area (Å²) in [5.41, 5.74) is 5.37. The number of aromatic nitrogens is 2. The molecule has 114 valence electrons. The normalized spacial score (nSPS) is 15.2.